The Balaban J connectivity index is 1.53. The van der Waals surface area contributed by atoms with Crippen molar-refractivity contribution in [1.29, 1.82) is 0 Å². The number of rotatable bonds is 4. The number of nitrogens with one attached hydrogen (secondary N) is 2. The molecule has 6 nitrogen and oxygen atoms in total. The van der Waals surface area contributed by atoms with Gasteiger partial charge in [0, 0.05) is 0 Å². The minimum absolute atomic E-state index is 0.112. The van der Waals surface area contributed by atoms with Crippen molar-refractivity contribution < 1.29 is 9.18 Å². The minimum atomic E-state index is -0.460. The van der Waals surface area contributed by atoms with Crippen LogP contribution >= 0.6 is 11.8 Å². The molecule has 0 fully saturated rings. The second-order valence-corrected chi connectivity index (χ2v) is 6.02. The number of halogens is 1. The Bertz CT molecular complexity index is 1040. The average molecular weight is 341 g/mol. The Morgan fingerprint density at radius 1 is 1.21 bits per heavy atom. The maximum Gasteiger partial charge on any atom is 0.234 e. The molecular weight excluding hydrogens is 329 g/mol. The van der Waals surface area contributed by atoms with E-state index in [9.17, 15) is 9.18 Å². The van der Waals surface area contributed by atoms with Crippen LogP contribution in [-0.4, -0.2) is 31.2 Å². The molecule has 0 aliphatic rings. The van der Waals surface area contributed by atoms with Crippen molar-refractivity contribution in [1.82, 2.24) is 19.6 Å². The van der Waals surface area contributed by atoms with Gasteiger partial charge in [-0.05, 0) is 24.3 Å². The number of imidazole rings is 1. The molecule has 8 heteroatoms. The number of fused-ring (bicyclic) bond motifs is 3. The second kappa shape index (κ2) is 5.97. The van der Waals surface area contributed by atoms with Gasteiger partial charge in [0.15, 0.2) is 5.16 Å². The minimum Gasteiger partial charge on any atom is -0.323 e. The number of carbonyl (C=O) groups is 1. The van der Waals surface area contributed by atoms with E-state index < -0.39 is 5.82 Å². The fraction of sp³-hybridized carbons (Fsp3) is 0.0625. The van der Waals surface area contributed by atoms with Crippen LogP contribution in [0.3, 0.4) is 0 Å². The van der Waals surface area contributed by atoms with Crippen LogP contribution in [0.1, 0.15) is 0 Å². The molecular formula is C16H12FN5OS. The Morgan fingerprint density at radius 3 is 2.88 bits per heavy atom. The summed E-state index contributed by atoms with van der Waals surface area (Å²) in [6.45, 7) is 0. The Hall–Kier alpha value is -2.87. The van der Waals surface area contributed by atoms with Crippen LogP contribution in [0, 0.1) is 5.82 Å². The summed E-state index contributed by atoms with van der Waals surface area (Å²) in [7, 11) is 0. The second-order valence-electron chi connectivity index (χ2n) is 5.08. The molecule has 2 aromatic carbocycles. The van der Waals surface area contributed by atoms with Gasteiger partial charge in [0.1, 0.15) is 5.82 Å². The summed E-state index contributed by atoms with van der Waals surface area (Å²) in [5.74, 6) is -0.0293. The summed E-state index contributed by atoms with van der Waals surface area (Å²) in [6, 6.07) is 13.8. The summed E-state index contributed by atoms with van der Waals surface area (Å²) < 4.78 is 15.4. The van der Waals surface area contributed by atoms with E-state index >= 15 is 0 Å². The van der Waals surface area contributed by atoms with Crippen molar-refractivity contribution in [2.24, 2.45) is 0 Å². The summed E-state index contributed by atoms with van der Waals surface area (Å²) in [5, 5.41) is 10.2. The monoisotopic (exact) mass is 341 g/mol. The largest absolute Gasteiger partial charge is 0.323 e. The highest BCUT2D eigenvalue weighted by Crippen LogP contribution is 2.23. The van der Waals surface area contributed by atoms with Gasteiger partial charge in [0.05, 0.1) is 22.5 Å². The molecule has 0 aliphatic heterocycles. The number of anilines is 1. The van der Waals surface area contributed by atoms with Gasteiger partial charge in [0.25, 0.3) is 0 Å². The lowest BCUT2D eigenvalue weighted by Gasteiger charge is -2.05. The lowest BCUT2D eigenvalue weighted by Crippen LogP contribution is -2.15. The quantitative estimate of drug-likeness (QED) is 0.559. The number of para-hydroxylation sites is 3. The molecule has 120 valence electrons. The number of hydrogen-bond acceptors (Lipinski definition) is 4. The molecule has 0 unspecified atom stereocenters. The zero-order valence-corrected chi connectivity index (χ0v) is 13.2. The number of H-pyrrole nitrogens is 1. The first-order valence-electron chi connectivity index (χ1n) is 7.21. The zero-order chi connectivity index (χ0) is 16.5. The number of amides is 1. The molecule has 24 heavy (non-hydrogen) atoms. The standard InChI is InChI=1S/C16H12FN5OS/c17-10-5-1-2-6-11(10)18-14(23)9-24-16-21-20-15-19-12-7-3-4-8-13(12)22(15)16/h1-8H,9H2,(H,18,23)(H,19,20). The molecule has 0 radical (unpaired) electrons. The van der Waals surface area contributed by atoms with Crippen molar-refractivity contribution in [3.05, 3.63) is 54.3 Å². The number of aromatic amines is 1. The Kier molecular flexibility index (Phi) is 3.66. The van der Waals surface area contributed by atoms with Gasteiger partial charge in [-0.1, -0.05) is 36.0 Å². The van der Waals surface area contributed by atoms with Crippen LogP contribution in [0.2, 0.25) is 0 Å². The molecule has 2 heterocycles. The van der Waals surface area contributed by atoms with Crippen molar-refractivity contribution in [2.75, 3.05) is 11.1 Å². The van der Waals surface area contributed by atoms with Crippen LogP contribution < -0.4 is 5.32 Å². The molecule has 0 saturated heterocycles. The SMILES string of the molecule is O=C(CSc1n[nH]c2nc3ccccc3n12)Nc1ccccc1F. The lowest BCUT2D eigenvalue weighted by molar-refractivity contribution is -0.113. The predicted molar refractivity (Wildman–Crippen MR) is 90.6 cm³/mol. The van der Waals surface area contributed by atoms with Crippen molar-refractivity contribution in [2.45, 2.75) is 5.16 Å². The Labute approximate surface area is 140 Å². The molecule has 2 N–H and O–H groups in total. The molecule has 0 aliphatic carbocycles. The van der Waals surface area contributed by atoms with Crippen LogP contribution in [0.15, 0.2) is 53.7 Å². The van der Waals surface area contributed by atoms with Gasteiger partial charge in [-0.25, -0.2) is 14.5 Å². The van der Waals surface area contributed by atoms with E-state index in [0.29, 0.717) is 10.9 Å². The maximum absolute atomic E-state index is 13.6. The highest BCUT2D eigenvalue weighted by Gasteiger charge is 2.14. The van der Waals surface area contributed by atoms with Crippen molar-refractivity contribution >= 4 is 40.2 Å². The van der Waals surface area contributed by atoms with E-state index in [1.807, 2.05) is 28.7 Å². The number of carbonyl (C=O) groups excluding carboxylic acids is 1. The first-order valence-corrected chi connectivity index (χ1v) is 8.20. The molecule has 2 aromatic heterocycles. The van der Waals surface area contributed by atoms with Crippen molar-refractivity contribution in [3.63, 3.8) is 0 Å². The number of aromatic nitrogens is 4. The van der Waals surface area contributed by atoms with Crippen LogP contribution in [0.25, 0.3) is 16.8 Å². The molecule has 0 atom stereocenters. The molecule has 0 spiro atoms. The highest BCUT2D eigenvalue weighted by molar-refractivity contribution is 7.99. The maximum atomic E-state index is 13.6. The summed E-state index contributed by atoms with van der Waals surface area (Å²) >= 11 is 1.26. The van der Waals surface area contributed by atoms with Gasteiger partial charge in [-0.3, -0.25) is 9.20 Å². The van der Waals surface area contributed by atoms with Crippen LogP contribution in [0.5, 0.6) is 0 Å². The third-order valence-corrected chi connectivity index (χ3v) is 4.42. The summed E-state index contributed by atoms with van der Waals surface area (Å²) in [4.78, 5) is 16.5. The van der Waals surface area contributed by atoms with Gasteiger partial charge >= 0.3 is 0 Å². The highest BCUT2D eigenvalue weighted by atomic mass is 32.2. The van der Waals surface area contributed by atoms with Gasteiger partial charge in [-0.2, -0.15) is 0 Å². The van der Waals surface area contributed by atoms with Crippen LogP contribution in [0.4, 0.5) is 10.1 Å². The van der Waals surface area contributed by atoms with Crippen LogP contribution in [-0.2, 0) is 4.79 Å². The normalized spacial score (nSPS) is 11.2. The molecule has 0 saturated carbocycles. The zero-order valence-electron chi connectivity index (χ0n) is 12.4. The fourth-order valence-electron chi connectivity index (χ4n) is 2.42. The van der Waals surface area contributed by atoms with E-state index in [1.165, 1.54) is 23.9 Å². The van der Waals surface area contributed by atoms with Gasteiger partial charge < -0.3 is 5.32 Å². The van der Waals surface area contributed by atoms with E-state index in [0.717, 1.165) is 11.0 Å². The van der Waals surface area contributed by atoms with E-state index in [2.05, 4.69) is 20.5 Å². The fourth-order valence-corrected chi connectivity index (χ4v) is 3.17. The topological polar surface area (TPSA) is 75.1 Å². The van der Waals surface area contributed by atoms with E-state index in [4.69, 9.17) is 0 Å². The smallest absolute Gasteiger partial charge is 0.234 e. The predicted octanol–water partition coefficient (Wildman–Crippen LogP) is 3.08. The number of benzene rings is 2. The Morgan fingerprint density at radius 2 is 2.00 bits per heavy atom. The third kappa shape index (κ3) is 2.61. The molecule has 0 bridgehead atoms. The van der Waals surface area contributed by atoms with Crippen molar-refractivity contribution in [3.8, 4) is 0 Å². The molecule has 4 aromatic rings. The number of thioether (sulfide) groups is 1. The summed E-state index contributed by atoms with van der Waals surface area (Å²) in [6.07, 6.45) is 0. The third-order valence-electron chi connectivity index (χ3n) is 3.48. The summed E-state index contributed by atoms with van der Waals surface area (Å²) in [5.41, 5.74) is 1.94. The lowest BCUT2D eigenvalue weighted by atomic mass is 10.3. The first kappa shape index (κ1) is 14.7. The molecule has 1 amide bonds. The van der Waals surface area contributed by atoms with Gasteiger partial charge in [-0.15, -0.1) is 5.10 Å². The van der Waals surface area contributed by atoms with Gasteiger partial charge in [0.2, 0.25) is 11.7 Å². The van der Waals surface area contributed by atoms with E-state index in [-0.39, 0.29) is 17.3 Å². The first-order chi connectivity index (χ1) is 11.7. The van der Waals surface area contributed by atoms with E-state index in [1.54, 1.807) is 12.1 Å². The number of nitrogens with zero attached hydrogens (tertiary/aromatic N) is 3. The average Bonchev–Trinajstić information content (AvgIpc) is 3.14. The number of hydrogen-bond donors (Lipinski definition) is 2. The molecule has 4 rings (SSSR count).